The van der Waals surface area contributed by atoms with Crippen molar-refractivity contribution in [3.63, 3.8) is 0 Å². The Morgan fingerprint density at radius 1 is 1.43 bits per heavy atom. The molecule has 1 aromatic rings. The van der Waals surface area contributed by atoms with Gasteiger partial charge in [-0.05, 0) is 42.9 Å². The second-order valence-corrected chi connectivity index (χ2v) is 6.38. The minimum atomic E-state index is 0.0167. The minimum Gasteiger partial charge on any atom is -0.370 e. The average Bonchev–Trinajstić information content (AvgIpc) is 2.51. The van der Waals surface area contributed by atoms with E-state index in [4.69, 9.17) is 5.73 Å². The van der Waals surface area contributed by atoms with Gasteiger partial charge in [-0.2, -0.15) is 0 Å². The standard InChI is InChI=1S/C18H28N4O/c1-3-13(2)17(23)22-16-9-5-8-15(10-16)12-21-18(19)20-11-14-6-4-7-14/h5,8-10,13-14H,3-4,6-7,11-12H2,1-2H3,(H,22,23)(H3,19,20,21). The van der Waals surface area contributed by atoms with Crippen molar-refractivity contribution in [3.05, 3.63) is 29.8 Å². The third kappa shape index (κ3) is 5.58. The lowest BCUT2D eigenvalue weighted by atomic mass is 9.85. The third-order valence-electron chi connectivity index (χ3n) is 4.48. The van der Waals surface area contributed by atoms with E-state index >= 15 is 0 Å². The molecule has 1 fully saturated rings. The number of guanidine groups is 1. The molecule has 0 spiro atoms. The van der Waals surface area contributed by atoms with Gasteiger partial charge < -0.3 is 16.4 Å². The molecule has 0 aliphatic heterocycles. The lowest BCUT2D eigenvalue weighted by Gasteiger charge is -2.25. The highest BCUT2D eigenvalue weighted by atomic mass is 16.1. The minimum absolute atomic E-state index is 0.0167. The maximum absolute atomic E-state index is 11.9. The Morgan fingerprint density at radius 2 is 2.22 bits per heavy atom. The molecule has 1 atom stereocenters. The molecule has 1 aliphatic carbocycles. The summed E-state index contributed by atoms with van der Waals surface area (Å²) >= 11 is 0. The van der Waals surface area contributed by atoms with Gasteiger partial charge in [0, 0.05) is 18.2 Å². The number of aliphatic imine (C=N–C) groups is 1. The summed E-state index contributed by atoms with van der Waals surface area (Å²) < 4.78 is 0. The molecule has 0 heterocycles. The van der Waals surface area contributed by atoms with Crippen molar-refractivity contribution in [2.45, 2.75) is 46.1 Å². The van der Waals surface area contributed by atoms with Crippen LogP contribution < -0.4 is 16.4 Å². The van der Waals surface area contributed by atoms with Crippen LogP contribution in [-0.4, -0.2) is 18.4 Å². The van der Waals surface area contributed by atoms with Crippen molar-refractivity contribution >= 4 is 17.6 Å². The number of rotatable bonds is 7. The zero-order valence-electron chi connectivity index (χ0n) is 14.1. The molecule has 5 nitrogen and oxygen atoms in total. The monoisotopic (exact) mass is 316 g/mol. The molecule has 0 bridgehead atoms. The summed E-state index contributed by atoms with van der Waals surface area (Å²) in [5, 5.41) is 6.12. The summed E-state index contributed by atoms with van der Waals surface area (Å²) in [7, 11) is 0. The van der Waals surface area contributed by atoms with Crippen LogP contribution in [0.15, 0.2) is 29.3 Å². The van der Waals surface area contributed by atoms with Gasteiger partial charge in [-0.1, -0.05) is 32.4 Å². The summed E-state index contributed by atoms with van der Waals surface area (Å²) in [6.07, 6.45) is 4.74. The Hall–Kier alpha value is -2.04. The molecule has 1 amide bonds. The van der Waals surface area contributed by atoms with Gasteiger partial charge in [-0.15, -0.1) is 0 Å². The van der Waals surface area contributed by atoms with Crippen LogP contribution in [0.5, 0.6) is 0 Å². The lowest BCUT2D eigenvalue weighted by Crippen LogP contribution is -2.37. The van der Waals surface area contributed by atoms with Crippen LogP contribution in [0.2, 0.25) is 0 Å². The van der Waals surface area contributed by atoms with Gasteiger partial charge in [-0.25, -0.2) is 4.99 Å². The highest BCUT2D eigenvalue weighted by Crippen LogP contribution is 2.25. The normalized spacial score (nSPS) is 16.5. The van der Waals surface area contributed by atoms with E-state index in [9.17, 15) is 4.79 Å². The first kappa shape index (κ1) is 17.3. The predicted molar refractivity (Wildman–Crippen MR) is 95.2 cm³/mol. The molecule has 4 N–H and O–H groups in total. The summed E-state index contributed by atoms with van der Waals surface area (Å²) in [6.45, 7) is 5.36. The number of benzene rings is 1. The van der Waals surface area contributed by atoms with E-state index in [1.807, 2.05) is 38.1 Å². The van der Waals surface area contributed by atoms with Gasteiger partial charge in [0.1, 0.15) is 0 Å². The zero-order valence-corrected chi connectivity index (χ0v) is 14.1. The third-order valence-corrected chi connectivity index (χ3v) is 4.48. The Balaban J connectivity index is 1.84. The van der Waals surface area contributed by atoms with Crippen molar-refractivity contribution in [2.24, 2.45) is 22.6 Å². The number of nitrogens with two attached hydrogens (primary N) is 1. The average molecular weight is 316 g/mol. The van der Waals surface area contributed by atoms with Gasteiger partial charge in [0.05, 0.1) is 6.54 Å². The van der Waals surface area contributed by atoms with E-state index in [0.29, 0.717) is 12.5 Å². The number of carbonyl (C=O) groups is 1. The first-order valence-electron chi connectivity index (χ1n) is 8.52. The topological polar surface area (TPSA) is 79.5 Å². The van der Waals surface area contributed by atoms with Crippen LogP contribution in [0.1, 0.15) is 45.1 Å². The van der Waals surface area contributed by atoms with Crippen LogP contribution in [0, 0.1) is 11.8 Å². The van der Waals surface area contributed by atoms with Gasteiger partial charge in [0.25, 0.3) is 0 Å². The van der Waals surface area contributed by atoms with Crippen molar-refractivity contribution in [1.82, 2.24) is 5.32 Å². The molecule has 0 aromatic heterocycles. The number of hydrogen-bond donors (Lipinski definition) is 3. The van der Waals surface area contributed by atoms with E-state index in [1.165, 1.54) is 19.3 Å². The van der Waals surface area contributed by atoms with Gasteiger partial charge in [0.2, 0.25) is 5.91 Å². The van der Waals surface area contributed by atoms with Gasteiger partial charge in [-0.3, -0.25) is 4.79 Å². The molecule has 1 aromatic carbocycles. The van der Waals surface area contributed by atoms with Crippen LogP contribution >= 0.6 is 0 Å². The van der Waals surface area contributed by atoms with E-state index in [2.05, 4.69) is 15.6 Å². The molecule has 1 saturated carbocycles. The molecule has 23 heavy (non-hydrogen) atoms. The smallest absolute Gasteiger partial charge is 0.227 e. The highest BCUT2D eigenvalue weighted by molar-refractivity contribution is 5.92. The number of amides is 1. The fraction of sp³-hybridized carbons (Fsp3) is 0.556. The van der Waals surface area contributed by atoms with Crippen molar-refractivity contribution in [3.8, 4) is 0 Å². The van der Waals surface area contributed by atoms with Crippen molar-refractivity contribution in [1.29, 1.82) is 0 Å². The summed E-state index contributed by atoms with van der Waals surface area (Å²) in [4.78, 5) is 16.3. The van der Waals surface area contributed by atoms with Crippen LogP contribution in [0.3, 0.4) is 0 Å². The van der Waals surface area contributed by atoms with E-state index in [0.717, 1.165) is 30.1 Å². The number of nitrogens with zero attached hydrogens (tertiary/aromatic N) is 1. The Labute approximate surface area is 138 Å². The number of nitrogens with one attached hydrogen (secondary N) is 2. The second kappa shape index (κ2) is 8.56. The zero-order chi connectivity index (χ0) is 16.7. The molecular weight excluding hydrogens is 288 g/mol. The van der Waals surface area contributed by atoms with E-state index in [1.54, 1.807) is 0 Å². The van der Waals surface area contributed by atoms with Crippen LogP contribution in [0.4, 0.5) is 5.69 Å². The maximum atomic E-state index is 11.9. The SMILES string of the molecule is CCC(C)C(=O)Nc1cccc(CN=C(N)NCC2CCC2)c1. The van der Waals surface area contributed by atoms with Gasteiger partial charge >= 0.3 is 0 Å². The number of anilines is 1. The molecule has 126 valence electrons. The summed E-state index contributed by atoms with van der Waals surface area (Å²) in [5.74, 6) is 1.31. The highest BCUT2D eigenvalue weighted by Gasteiger charge is 2.16. The first-order chi connectivity index (χ1) is 11.1. The summed E-state index contributed by atoms with van der Waals surface area (Å²) in [5.41, 5.74) is 7.73. The van der Waals surface area contributed by atoms with E-state index in [-0.39, 0.29) is 11.8 Å². The van der Waals surface area contributed by atoms with E-state index < -0.39 is 0 Å². The molecule has 5 heteroatoms. The van der Waals surface area contributed by atoms with Crippen LogP contribution in [0.25, 0.3) is 0 Å². The quantitative estimate of drug-likeness (QED) is 0.534. The number of carbonyl (C=O) groups excluding carboxylic acids is 1. The molecule has 2 rings (SSSR count). The molecular formula is C18H28N4O. The largest absolute Gasteiger partial charge is 0.370 e. The predicted octanol–water partition coefficient (Wildman–Crippen LogP) is 2.88. The molecule has 0 saturated heterocycles. The Morgan fingerprint density at radius 3 is 2.87 bits per heavy atom. The Kier molecular flexibility index (Phi) is 6.44. The van der Waals surface area contributed by atoms with Gasteiger partial charge in [0.15, 0.2) is 5.96 Å². The Bertz CT molecular complexity index is 552. The molecule has 1 aliphatic rings. The summed E-state index contributed by atoms with van der Waals surface area (Å²) in [6, 6.07) is 7.76. The lowest BCUT2D eigenvalue weighted by molar-refractivity contribution is -0.119. The van der Waals surface area contributed by atoms with Crippen LogP contribution in [-0.2, 0) is 11.3 Å². The maximum Gasteiger partial charge on any atom is 0.227 e. The second-order valence-electron chi connectivity index (χ2n) is 6.38. The first-order valence-corrected chi connectivity index (χ1v) is 8.52. The molecule has 0 radical (unpaired) electrons. The fourth-order valence-corrected chi connectivity index (χ4v) is 2.38. The fourth-order valence-electron chi connectivity index (χ4n) is 2.38. The van der Waals surface area contributed by atoms with Crippen molar-refractivity contribution in [2.75, 3.05) is 11.9 Å². The molecule has 1 unspecified atom stereocenters. The number of hydrogen-bond acceptors (Lipinski definition) is 2. The van der Waals surface area contributed by atoms with Crippen molar-refractivity contribution < 1.29 is 4.79 Å².